The van der Waals surface area contributed by atoms with E-state index in [1.54, 1.807) is 0 Å². The summed E-state index contributed by atoms with van der Waals surface area (Å²) in [5.41, 5.74) is 4.48. The Morgan fingerprint density at radius 3 is 2.83 bits per heavy atom. The highest BCUT2D eigenvalue weighted by Crippen LogP contribution is 2.31. The molecule has 1 aliphatic heterocycles. The Morgan fingerprint density at radius 1 is 1.25 bits per heavy atom. The van der Waals surface area contributed by atoms with Gasteiger partial charge in [-0.15, -0.1) is 11.3 Å². The van der Waals surface area contributed by atoms with Gasteiger partial charge in [0.2, 0.25) is 0 Å². The van der Waals surface area contributed by atoms with Crippen LogP contribution in [0.1, 0.15) is 48.7 Å². The summed E-state index contributed by atoms with van der Waals surface area (Å²) in [5.74, 6) is 0. The largest absolute Gasteiger partial charge is 0.326 e. The van der Waals surface area contributed by atoms with E-state index in [1.165, 1.54) is 28.2 Å². The van der Waals surface area contributed by atoms with E-state index < -0.39 is 0 Å². The van der Waals surface area contributed by atoms with Gasteiger partial charge in [-0.3, -0.25) is 9.79 Å². The topological polar surface area (TPSA) is 45.2 Å². The standard InChI is InChI=1S/C20H24N2OS/c1-3-16-12-18(14(2)22-20(16)23)19-9-8-17(24-19)7-5-4-6-15-10-11-21-13-15/h8-9,11-13H,3-7,10H2,1-2H3,(H,22,23). The summed E-state index contributed by atoms with van der Waals surface area (Å²) in [6, 6.07) is 6.47. The van der Waals surface area contributed by atoms with Crippen molar-refractivity contribution < 1.29 is 0 Å². The number of nitrogens with zero attached hydrogens (tertiary/aromatic N) is 1. The molecule has 1 N–H and O–H groups in total. The highest BCUT2D eigenvalue weighted by molar-refractivity contribution is 7.15. The first kappa shape index (κ1) is 16.9. The Morgan fingerprint density at radius 2 is 2.08 bits per heavy atom. The van der Waals surface area contributed by atoms with Crippen LogP contribution in [-0.2, 0) is 12.8 Å². The van der Waals surface area contributed by atoms with Crippen molar-refractivity contribution in [2.75, 3.05) is 0 Å². The molecule has 0 aromatic carbocycles. The van der Waals surface area contributed by atoms with Gasteiger partial charge in [-0.25, -0.2) is 0 Å². The van der Waals surface area contributed by atoms with E-state index in [4.69, 9.17) is 0 Å². The molecule has 0 amide bonds. The van der Waals surface area contributed by atoms with Gasteiger partial charge in [0.1, 0.15) is 0 Å². The lowest BCUT2D eigenvalue weighted by molar-refractivity contribution is 0.732. The summed E-state index contributed by atoms with van der Waals surface area (Å²) < 4.78 is 0. The molecule has 0 aliphatic carbocycles. The molecule has 3 heterocycles. The molecule has 126 valence electrons. The van der Waals surface area contributed by atoms with Crippen LogP contribution in [0.4, 0.5) is 0 Å². The van der Waals surface area contributed by atoms with Gasteiger partial charge in [0, 0.05) is 45.4 Å². The summed E-state index contributed by atoms with van der Waals surface area (Å²) in [4.78, 5) is 21.7. The van der Waals surface area contributed by atoms with Crippen molar-refractivity contribution in [1.82, 2.24) is 4.98 Å². The van der Waals surface area contributed by atoms with Crippen LogP contribution in [0.3, 0.4) is 0 Å². The second-order valence-electron chi connectivity index (χ2n) is 6.31. The van der Waals surface area contributed by atoms with Gasteiger partial charge in [-0.1, -0.05) is 6.92 Å². The predicted molar refractivity (Wildman–Crippen MR) is 103 cm³/mol. The number of H-pyrrole nitrogens is 1. The normalized spacial score (nSPS) is 13.5. The molecule has 0 bridgehead atoms. The maximum absolute atomic E-state index is 11.9. The van der Waals surface area contributed by atoms with Crippen LogP contribution in [0.5, 0.6) is 0 Å². The first-order chi connectivity index (χ1) is 11.7. The first-order valence-corrected chi connectivity index (χ1v) is 9.50. The number of hydrogen-bond acceptors (Lipinski definition) is 3. The van der Waals surface area contributed by atoms with Crippen molar-refractivity contribution in [2.45, 2.75) is 52.4 Å². The number of pyridine rings is 1. The smallest absolute Gasteiger partial charge is 0.251 e. The summed E-state index contributed by atoms with van der Waals surface area (Å²) in [6.07, 6.45) is 10.5. The number of nitrogens with one attached hydrogen (secondary N) is 1. The zero-order valence-corrected chi connectivity index (χ0v) is 15.2. The molecular formula is C20H24N2OS. The third kappa shape index (κ3) is 3.93. The van der Waals surface area contributed by atoms with Crippen LogP contribution < -0.4 is 5.56 Å². The van der Waals surface area contributed by atoms with Crippen molar-refractivity contribution >= 4 is 17.6 Å². The van der Waals surface area contributed by atoms with Crippen molar-refractivity contribution in [3.63, 3.8) is 0 Å². The molecule has 0 saturated heterocycles. The first-order valence-electron chi connectivity index (χ1n) is 8.69. The van der Waals surface area contributed by atoms with Gasteiger partial charge >= 0.3 is 0 Å². The monoisotopic (exact) mass is 340 g/mol. The molecule has 0 saturated carbocycles. The minimum Gasteiger partial charge on any atom is -0.326 e. The van der Waals surface area contributed by atoms with Gasteiger partial charge in [0.15, 0.2) is 0 Å². The number of hydrogen-bond donors (Lipinski definition) is 1. The van der Waals surface area contributed by atoms with Crippen LogP contribution in [-0.4, -0.2) is 11.2 Å². The fraction of sp³-hybridized carbons (Fsp3) is 0.400. The number of aryl methyl sites for hydroxylation is 3. The number of unbranched alkanes of at least 4 members (excludes halogenated alkanes) is 1. The second-order valence-corrected chi connectivity index (χ2v) is 7.48. The summed E-state index contributed by atoms with van der Waals surface area (Å²) in [5, 5.41) is 0. The predicted octanol–water partition coefficient (Wildman–Crippen LogP) is 5.05. The van der Waals surface area contributed by atoms with Crippen LogP contribution in [0.2, 0.25) is 0 Å². The molecule has 4 heteroatoms. The summed E-state index contributed by atoms with van der Waals surface area (Å²) in [7, 11) is 0. The molecule has 0 unspecified atom stereocenters. The Hall–Kier alpha value is -1.94. The number of aromatic nitrogens is 1. The number of allylic oxidation sites excluding steroid dienone is 1. The lowest BCUT2D eigenvalue weighted by atomic mass is 10.1. The lowest BCUT2D eigenvalue weighted by Crippen LogP contribution is -2.13. The van der Waals surface area contributed by atoms with Crippen LogP contribution in [0.15, 0.2) is 39.8 Å². The molecule has 0 atom stereocenters. The summed E-state index contributed by atoms with van der Waals surface area (Å²) >= 11 is 1.85. The van der Waals surface area contributed by atoms with Gasteiger partial charge in [0.25, 0.3) is 5.56 Å². The zero-order chi connectivity index (χ0) is 16.9. The minimum absolute atomic E-state index is 0.0423. The Balaban J connectivity index is 1.62. The minimum atomic E-state index is 0.0423. The maximum atomic E-state index is 11.9. The lowest BCUT2D eigenvalue weighted by Gasteiger charge is -2.05. The summed E-state index contributed by atoms with van der Waals surface area (Å²) in [6.45, 7) is 4.00. The van der Waals surface area contributed by atoms with Gasteiger partial charge in [-0.2, -0.15) is 0 Å². The van der Waals surface area contributed by atoms with E-state index in [1.807, 2.05) is 37.6 Å². The van der Waals surface area contributed by atoms with Crippen LogP contribution >= 0.6 is 11.3 Å². The van der Waals surface area contributed by atoms with E-state index in [9.17, 15) is 4.79 Å². The Labute approximate surface area is 147 Å². The number of aliphatic imine (C=N–C) groups is 1. The van der Waals surface area contributed by atoms with E-state index in [0.717, 1.165) is 42.5 Å². The molecule has 3 rings (SSSR count). The van der Waals surface area contributed by atoms with Crippen LogP contribution in [0.25, 0.3) is 10.4 Å². The third-order valence-corrected chi connectivity index (χ3v) is 5.69. The van der Waals surface area contributed by atoms with E-state index in [-0.39, 0.29) is 5.56 Å². The molecule has 3 nitrogen and oxygen atoms in total. The fourth-order valence-corrected chi connectivity index (χ4v) is 4.16. The quantitative estimate of drug-likeness (QED) is 0.705. The van der Waals surface area contributed by atoms with E-state index in [0.29, 0.717) is 0 Å². The maximum Gasteiger partial charge on any atom is 0.251 e. The van der Waals surface area contributed by atoms with Crippen molar-refractivity contribution in [3.05, 3.63) is 56.5 Å². The Kier molecular flexibility index (Phi) is 5.46. The van der Waals surface area contributed by atoms with E-state index in [2.05, 4.69) is 28.2 Å². The van der Waals surface area contributed by atoms with Gasteiger partial charge < -0.3 is 4.98 Å². The average molecular weight is 340 g/mol. The van der Waals surface area contributed by atoms with Gasteiger partial charge in [-0.05, 0) is 62.8 Å². The third-order valence-electron chi connectivity index (χ3n) is 4.51. The van der Waals surface area contributed by atoms with E-state index >= 15 is 0 Å². The molecular weight excluding hydrogens is 316 g/mol. The molecule has 0 radical (unpaired) electrons. The molecule has 1 aliphatic rings. The van der Waals surface area contributed by atoms with Crippen molar-refractivity contribution in [3.8, 4) is 10.4 Å². The van der Waals surface area contributed by atoms with Crippen molar-refractivity contribution in [2.24, 2.45) is 4.99 Å². The number of aromatic amines is 1. The fourth-order valence-electron chi connectivity index (χ4n) is 3.04. The SMILES string of the molecule is CCc1cc(-c2ccc(CCCCC3=CN=CC3)s2)c(C)[nH]c1=O. The molecule has 2 aromatic rings. The molecule has 24 heavy (non-hydrogen) atoms. The van der Waals surface area contributed by atoms with Gasteiger partial charge in [0.05, 0.1) is 0 Å². The second kappa shape index (κ2) is 7.75. The Bertz CT molecular complexity index is 826. The average Bonchev–Trinajstić information content (AvgIpc) is 3.23. The highest BCUT2D eigenvalue weighted by atomic mass is 32.1. The zero-order valence-electron chi connectivity index (χ0n) is 14.4. The van der Waals surface area contributed by atoms with Crippen molar-refractivity contribution in [1.29, 1.82) is 0 Å². The molecule has 2 aromatic heterocycles. The van der Waals surface area contributed by atoms with Crippen LogP contribution in [0, 0.1) is 6.92 Å². The highest BCUT2D eigenvalue weighted by Gasteiger charge is 2.09. The molecule has 0 spiro atoms. The number of rotatable bonds is 7. The number of thiophene rings is 1. The molecule has 0 fully saturated rings.